The minimum Gasteiger partial charge on any atom is -0.326 e. The molecule has 1 amide bonds. The predicted molar refractivity (Wildman–Crippen MR) is 103 cm³/mol. The molecule has 0 radical (unpaired) electrons. The van der Waals surface area contributed by atoms with E-state index in [1.165, 1.54) is 0 Å². The number of fused-ring (bicyclic) bond motifs is 2. The number of rotatable bonds is 3. The number of hydrogen-bond acceptors (Lipinski definition) is 3. The van der Waals surface area contributed by atoms with Gasteiger partial charge in [0.1, 0.15) is 0 Å². The third-order valence-corrected chi connectivity index (χ3v) is 4.69. The van der Waals surface area contributed by atoms with E-state index in [0.29, 0.717) is 27.9 Å². The van der Waals surface area contributed by atoms with Gasteiger partial charge in [0, 0.05) is 27.9 Å². The van der Waals surface area contributed by atoms with E-state index in [1.54, 1.807) is 42.5 Å². The standard InChI is InChI=1S/C23H17NO3/c1-14-6-8-15(9-7-14)12-21(25)24-16-10-11-19-20(13-16)23(27)18-5-3-2-4-17(18)22(19)26/h2-11,13H,12H2,1H3,(H,24,25). The zero-order valence-electron chi connectivity index (χ0n) is 14.8. The number of hydrogen-bond donors (Lipinski definition) is 1. The van der Waals surface area contributed by atoms with Crippen molar-refractivity contribution in [2.75, 3.05) is 5.32 Å². The van der Waals surface area contributed by atoms with Gasteiger partial charge in [-0.3, -0.25) is 14.4 Å². The lowest BCUT2D eigenvalue weighted by Gasteiger charge is -2.18. The number of benzene rings is 3. The molecule has 0 bridgehead atoms. The van der Waals surface area contributed by atoms with Crippen molar-refractivity contribution >= 4 is 23.2 Å². The van der Waals surface area contributed by atoms with Crippen molar-refractivity contribution in [1.82, 2.24) is 0 Å². The molecule has 27 heavy (non-hydrogen) atoms. The Morgan fingerprint density at radius 1 is 0.778 bits per heavy atom. The summed E-state index contributed by atoms with van der Waals surface area (Å²) in [6, 6.07) is 19.4. The molecule has 3 aromatic rings. The number of nitrogens with one attached hydrogen (secondary N) is 1. The van der Waals surface area contributed by atoms with E-state index in [-0.39, 0.29) is 23.9 Å². The summed E-state index contributed by atoms with van der Waals surface area (Å²) in [5, 5.41) is 2.81. The summed E-state index contributed by atoms with van der Waals surface area (Å²) in [5.74, 6) is -0.540. The maximum Gasteiger partial charge on any atom is 0.228 e. The Morgan fingerprint density at radius 3 is 2.04 bits per heavy atom. The van der Waals surface area contributed by atoms with Crippen molar-refractivity contribution in [2.45, 2.75) is 13.3 Å². The first-order valence-corrected chi connectivity index (χ1v) is 8.71. The van der Waals surface area contributed by atoms with E-state index in [4.69, 9.17) is 0 Å². The summed E-state index contributed by atoms with van der Waals surface area (Å²) < 4.78 is 0. The highest BCUT2D eigenvalue weighted by atomic mass is 16.2. The molecule has 0 saturated heterocycles. The maximum atomic E-state index is 12.7. The van der Waals surface area contributed by atoms with Crippen molar-refractivity contribution in [1.29, 1.82) is 0 Å². The van der Waals surface area contributed by atoms with E-state index in [2.05, 4.69) is 5.32 Å². The zero-order chi connectivity index (χ0) is 19.0. The number of anilines is 1. The quantitative estimate of drug-likeness (QED) is 0.605. The molecule has 4 heteroatoms. The summed E-state index contributed by atoms with van der Waals surface area (Å²) in [4.78, 5) is 37.7. The average Bonchev–Trinajstić information content (AvgIpc) is 2.68. The molecular weight excluding hydrogens is 338 g/mol. The monoisotopic (exact) mass is 355 g/mol. The molecule has 0 atom stereocenters. The maximum absolute atomic E-state index is 12.7. The third kappa shape index (κ3) is 3.17. The normalized spacial score (nSPS) is 12.3. The third-order valence-electron chi connectivity index (χ3n) is 4.69. The van der Waals surface area contributed by atoms with Gasteiger partial charge in [-0.25, -0.2) is 0 Å². The first-order chi connectivity index (χ1) is 13.0. The lowest BCUT2D eigenvalue weighted by molar-refractivity contribution is -0.115. The number of carbonyl (C=O) groups excluding carboxylic acids is 3. The average molecular weight is 355 g/mol. The van der Waals surface area contributed by atoms with Gasteiger partial charge in [0.2, 0.25) is 5.91 Å². The van der Waals surface area contributed by atoms with E-state index in [0.717, 1.165) is 11.1 Å². The van der Waals surface area contributed by atoms with Crippen LogP contribution in [0.4, 0.5) is 5.69 Å². The molecular formula is C23H17NO3. The van der Waals surface area contributed by atoms with E-state index in [1.807, 2.05) is 31.2 Å². The van der Waals surface area contributed by atoms with E-state index < -0.39 is 0 Å². The second-order valence-corrected chi connectivity index (χ2v) is 6.67. The van der Waals surface area contributed by atoms with Crippen LogP contribution in [0.5, 0.6) is 0 Å². The minimum absolute atomic E-state index is 0.169. The van der Waals surface area contributed by atoms with Gasteiger partial charge >= 0.3 is 0 Å². The molecule has 0 heterocycles. The van der Waals surface area contributed by atoms with Crippen molar-refractivity contribution in [3.63, 3.8) is 0 Å². The fourth-order valence-electron chi connectivity index (χ4n) is 3.27. The minimum atomic E-state index is -0.199. The highest BCUT2D eigenvalue weighted by Gasteiger charge is 2.29. The van der Waals surface area contributed by atoms with Crippen LogP contribution in [0.3, 0.4) is 0 Å². The SMILES string of the molecule is Cc1ccc(CC(=O)Nc2ccc3c(c2)C(=O)c2ccccc2C3=O)cc1. The summed E-state index contributed by atoms with van der Waals surface area (Å²) >= 11 is 0. The number of aryl methyl sites for hydroxylation is 1. The Hall–Kier alpha value is -3.53. The largest absolute Gasteiger partial charge is 0.326 e. The van der Waals surface area contributed by atoms with Crippen LogP contribution in [-0.2, 0) is 11.2 Å². The van der Waals surface area contributed by atoms with Crippen LogP contribution < -0.4 is 5.32 Å². The van der Waals surface area contributed by atoms with Crippen LogP contribution in [0.15, 0.2) is 66.7 Å². The molecule has 1 aliphatic rings. The molecule has 0 unspecified atom stereocenters. The summed E-state index contributed by atoms with van der Waals surface area (Å²) in [6.07, 6.45) is 0.243. The van der Waals surface area contributed by atoms with Crippen LogP contribution in [0, 0.1) is 6.92 Å². The summed E-state index contributed by atoms with van der Waals surface area (Å²) in [5.41, 5.74) is 4.08. The van der Waals surface area contributed by atoms with Crippen LogP contribution in [0.25, 0.3) is 0 Å². The van der Waals surface area contributed by atoms with Crippen LogP contribution in [-0.4, -0.2) is 17.5 Å². The molecule has 4 rings (SSSR count). The Kier molecular flexibility index (Phi) is 4.16. The van der Waals surface area contributed by atoms with Crippen molar-refractivity contribution in [2.24, 2.45) is 0 Å². The van der Waals surface area contributed by atoms with Gasteiger partial charge in [-0.05, 0) is 30.7 Å². The molecule has 0 aliphatic heterocycles. The van der Waals surface area contributed by atoms with Crippen LogP contribution in [0.2, 0.25) is 0 Å². The fourth-order valence-corrected chi connectivity index (χ4v) is 3.27. The molecule has 1 N–H and O–H groups in total. The van der Waals surface area contributed by atoms with Crippen LogP contribution >= 0.6 is 0 Å². The molecule has 132 valence electrons. The molecule has 0 aromatic heterocycles. The van der Waals surface area contributed by atoms with E-state index >= 15 is 0 Å². The van der Waals surface area contributed by atoms with Gasteiger partial charge < -0.3 is 5.32 Å². The molecule has 1 aliphatic carbocycles. The Labute approximate surface area is 156 Å². The summed E-state index contributed by atoms with van der Waals surface area (Å²) in [6.45, 7) is 1.99. The number of amides is 1. The van der Waals surface area contributed by atoms with Crippen molar-refractivity contribution < 1.29 is 14.4 Å². The molecule has 0 spiro atoms. The van der Waals surface area contributed by atoms with Gasteiger partial charge in [0.05, 0.1) is 6.42 Å². The van der Waals surface area contributed by atoms with Crippen LogP contribution in [0.1, 0.15) is 43.0 Å². The second-order valence-electron chi connectivity index (χ2n) is 6.67. The van der Waals surface area contributed by atoms with Gasteiger partial charge in [0.15, 0.2) is 11.6 Å². The number of carbonyl (C=O) groups is 3. The molecule has 3 aromatic carbocycles. The zero-order valence-corrected chi connectivity index (χ0v) is 14.8. The van der Waals surface area contributed by atoms with Gasteiger partial charge in [-0.1, -0.05) is 54.1 Å². The second kappa shape index (κ2) is 6.65. The smallest absolute Gasteiger partial charge is 0.228 e. The molecule has 4 nitrogen and oxygen atoms in total. The van der Waals surface area contributed by atoms with Gasteiger partial charge in [-0.2, -0.15) is 0 Å². The molecule has 0 saturated carbocycles. The van der Waals surface area contributed by atoms with Crippen molar-refractivity contribution in [3.8, 4) is 0 Å². The molecule has 0 fully saturated rings. The highest BCUT2D eigenvalue weighted by molar-refractivity contribution is 6.28. The first-order valence-electron chi connectivity index (χ1n) is 8.71. The summed E-state index contributed by atoms with van der Waals surface area (Å²) in [7, 11) is 0. The lowest BCUT2D eigenvalue weighted by atomic mass is 9.84. The van der Waals surface area contributed by atoms with Crippen molar-refractivity contribution in [3.05, 3.63) is 100 Å². The van der Waals surface area contributed by atoms with Gasteiger partial charge in [-0.15, -0.1) is 0 Å². The first kappa shape index (κ1) is 16.9. The van der Waals surface area contributed by atoms with Gasteiger partial charge in [0.25, 0.3) is 0 Å². The lowest BCUT2D eigenvalue weighted by Crippen LogP contribution is -2.21. The number of ketones is 2. The fraction of sp³-hybridized carbons (Fsp3) is 0.0870. The Balaban J connectivity index is 1.58. The Bertz CT molecular complexity index is 1080. The Morgan fingerprint density at radius 2 is 1.37 bits per heavy atom. The van der Waals surface area contributed by atoms with E-state index in [9.17, 15) is 14.4 Å². The topological polar surface area (TPSA) is 63.2 Å². The predicted octanol–water partition coefficient (Wildman–Crippen LogP) is 3.95. The highest BCUT2D eigenvalue weighted by Crippen LogP contribution is 2.29.